The highest BCUT2D eigenvalue weighted by Crippen LogP contribution is 2.25. The second-order valence-corrected chi connectivity index (χ2v) is 5.14. The monoisotopic (exact) mass is 310 g/mol. The fraction of sp³-hybridized carbons (Fsp3) is 0.222. The van der Waals surface area contributed by atoms with E-state index >= 15 is 0 Å². The number of rotatable bonds is 6. The third-order valence-corrected chi connectivity index (χ3v) is 3.42. The van der Waals surface area contributed by atoms with Crippen molar-refractivity contribution >= 4 is 0 Å². The van der Waals surface area contributed by atoms with E-state index in [1.165, 1.54) is 0 Å². The van der Waals surface area contributed by atoms with E-state index in [2.05, 4.69) is 9.97 Å². The maximum atomic E-state index is 5.61. The zero-order valence-corrected chi connectivity index (χ0v) is 13.2. The Kier molecular flexibility index (Phi) is 4.68. The first-order chi connectivity index (χ1) is 11.3. The van der Waals surface area contributed by atoms with Crippen molar-refractivity contribution in [3.63, 3.8) is 0 Å². The second-order valence-electron chi connectivity index (χ2n) is 5.14. The van der Waals surface area contributed by atoms with Crippen LogP contribution in [-0.4, -0.2) is 17.1 Å². The highest BCUT2D eigenvalue weighted by atomic mass is 16.5. The maximum absolute atomic E-state index is 5.61. The SMILES string of the molecule is COc1ccc(-c2nc(COCc3ccccn3)co2)cc1C. The third-order valence-electron chi connectivity index (χ3n) is 3.42. The van der Waals surface area contributed by atoms with Crippen LogP contribution in [0.25, 0.3) is 11.5 Å². The van der Waals surface area contributed by atoms with E-state index in [4.69, 9.17) is 13.9 Å². The molecule has 0 spiro atoms. The molecular weight excluding hydrogens is 292 g/mol. The van der Waals surface area contributed by atoms with Crippen LogP contribution < -0.4 is 4.74 Å². The number of aromatic nitrogens is 2. The number of ether oxygens (including phenoxy) is 2. The van der Waals surface area contributed by atoms with E-state index in [1.54, 1.807) is 19.6 Å². The first kappa shape index (κ1) is 15.2. The molecule has 3 rings (SSSR count). The molecule has 23 heavy (non-hydrogen) atoms. The van der Waals surface area contributed by atoms with Gasteiger partial charge in [0.15, 0.2) is 0 Å². The summed E-state index contributed by atoms with van der Waals surface area (Å²) in [7, 11) is 1.66. The molecule has 0 N–H and O–H groups in total. The minimum Gasteiger partial charge on any atom is -0.496 e. The van der Waals surface area contributed by atoms with E-state index in [9.17, 15) is 0 Å². The van der Waals surface area contributed by atoms with Crippen LogP contribution in [0.3, 0.4) is 0 Å². The summed E-state index contributed by atoms with van der Waals surface area (Å²) in [5.41, 5.74) is 3.60. The lowest BCUT2D eigenvalue weighted by Gasteiger charge is -2.04. The van der Waals surface area contributed by atoms with Gasteiger partial charge in [-0.1, -0.05) is 6.07 Å². The number of nitrogens with zero attached hydrogens (tertiary/aromatic N) is 2. The quantitative estimate of drug-likeness (QED) is 0.693. The van der Waals surface area contributed by atoms with Gasteiger partial charge in [0.25, 0.3) is 0 Å². The largest absolute Gasteiger partial charge is 0.496 e. The van der Waals surface area contributed by atoms with Gasteiger partial charge < -0.3 is 13.9 Å². The molecule has 0 bridgehead atoms. The van der Waals surface area contributed by atoms with Crippen molar-refractivity contribution in [2.45, 2.75) is 20.1 Å². The Morgan fingerprint density at radius 1 is 1.09 bits per heavy atom. The summed E-state index contributed by atoms with van der Waals surface area (Å²) < 4.78 is 16.4. The average Bonchev–Trinajstić information content (AvgIpc) is 3.05. The van der Waals surface area contributed by atoms with Gasteiger partial charge in [0, 0.05) is 11.8 Å². The van der Waals surface area contributed by atoms with Gasteiger partial charge in [-0.25, -0.2) is 4.98 Å². The predicted molar refractivity (Wildman–Crippen MR) is 86.0 cm³/mol. The number of hydrogen-bond donors (Lipinski definition) is 0. The van der Waals surface area contributed by atoms with Gasteiger partial charge in [-0.05, 0) is 42.8 Å². The van der Waals surface area contributed by atoms with Gasteiger partial charge in [-0.15, -0.1) is 0 Å². The number of hydrogen-bond acceptors (Lipinski definition) is 5. The van der Waals surface area contributed by atoms with Crippen LogP contribution in [0.1, 0.15) is 17.0 Å². The molecule has 2 heterocycles. The van der Waals surface area contributed by atoms with Gasteiger partial charge in [-0.2, -0.15) is 0 Å². The summed E-state index contributed by atoms with van der Waals surface area (Å²) in [6, 6.07) is 11.6. The first-order valence-electron chi connectivity index (χ1n) is 7.33. The van der Waals surface area contributed by atoms with Gasteiger partial charge in [0.2, 0.25) is 5.89 Å². The second kappa shape index (κ2) is 7.07. The molecule has 0 fully saturated rings. The van der Waals surface area contributed by atoms with Gasteiger partial charge in [0.05, 0.1) is 26.0 Å². The standard InChI is InChI=1S/C18H18N2O3/c1-13-9-14(6-7-17(13)21-2)18-20-16(12-23-18)11-22-10-15-5-3-4-8-19-15/h3-9,12H,10-11H2,1-2H3. The molecule has 5 nitrogen and oxygen atoms in total. The molecule has 0 aliphatic carbocycles. The van der Waals surface area contributed by atoms with Gasteiger partial charge in [0.1, 0.15) is 17.7 Å². The molecule has 0 radical (unpaired) electrons. The Hall–Kier alpha value is -2.66. The van der Waals surface area contributed by atoms with Crippen LogP contribution >= 0.6 is 0 Å². The van der Waals surface area contributed by atoms with E-state index in [1.807, 2.05) is 43.3 Å². The molecule has 3 aromatic rings. The number of pyridine rings is 1. The lowest BCUT2D eigenvalue weighted by molar-refractivity contribution is 0.102. The van der Waals surface area contributed by atoms with Crippen molar-refractivity contribution in [3.8, 4) is 17.2 Å². The fourth-order valence-corrected chi connectivity index (χ4v) is 2.26. The Morgan fingerprint density at radius 3 is 2.70 bits per heavy atom. The zero-order valence-electron chi connectivity index (χ0n) is 13.2. The summed E-state index contributed by atoms with van der Waals surface area (Å²) in [6.07, 6.45) is 3.37. The highest BCUT2D eigenvalue weighted by molar-refractivity contribution is 5.57. The van der Waals surface area contributed by atoms with Crippen molar-refractivity contribution in [2.75, 3.05) is 7.11 Å². The van der Waals surface area contributed by atoms with Crippen LogP contribution in [-0.2, 0) is 18.0 Å². The van der Waals surface area contributed by atoms with E-state index in [0.717, 1.165) is 28.3 Å². The summed E-state index contributed by atoms with van der Waals surface area (Å²) >= 11 is 0. The Balaban J connectivity index is 1.63. The minimum absolute atomic E-state index is 0.384. The summed E-state index contributed by atoms with van der Waals surface area (Å²) in [5, 5.41) is 0. The molecule has 0 aliphatic heterocycles. The summed E-state index contributed by atoms with van der Waals surface area (Å²) in [6.45, 7) is 2.82. The minimum atomic E-state index is 0.384. The Bertz CT molecular complexity index is 769. The lowest BCUT2D eigenvalue weighted by atomic mass is 10.1. The number of benzene rings is 1. The van der Waals surface area contributed by atoms with Gasteiger partial charge in [-0.3, -0.25) is 4.98 Å². The molecule has 2 aromatic heterocycles. The van der Waals surface area contributed by atoms with Crippen LogP contribution in [0.2, 0.25) is 0 Å². The maximum Gasteiger partial charge on any atom is 0.226 e. The fourth-order valence-electron chi connectivity index (χ4n) is 2.26. The van der Waals surface area contributed by atoms with Crippen molar-refractivity contribution in [3.05, 3.63) is 65.8 Å². The molecule has 0 saturated carbocycles. The Labute approximate surface area is 134 Å². The van der Waals surface area contributed by atoms with E-state index in [-0.39, 0.29) is 0 Å². The third kappa shape index (κ3) is 3.76. The lowest BCUT2D eigenvalue weighted by Crippen LogP contribution is -1.96. The zero-order chi connectivity index (χ0) is 16.1. The number of methoxy groups -OCH3 is 1. The number of oxazole rings is 1. The number of aryl methyl sites for hydroxylation is 1. The molecule has 0 unspecified atom stereocenters. The van der Waals surface area contributed by atoms with Crippen molar-refractivity contribution in [1.82, 2.24) is 9.97 Å². The van der Waals surface area contributed by atoms with Crippen molar-refractivity contribution in [1.29, 1.82) is 0 Å². The van der Waals surface area contributed by atoms with Crippen LogP contribution in [0, 0.1) is 6.92 Å². The highest BCUT2D eigenvalue weighted by Gasteiger charge is 2.09. The van der Waals surface area contributed by atoms with Crippen LogP contribution in [0.5, 0.6) is 5.75 Å². The Morgan fingerprint density at radius 2 is 1.96 bits per heavy atom. The topological polar surface area (TPSA) is 57.4 Å². The average molecular weight is 310 g/mol. The first-order valence-corrected chi connectivity index (χ1v) is 7.33. The van der Waals surface area contributed by atoms with Crippen LogP contribution in [0.15, 0.2) is 53.3 Å². The molecule has 0 saturated heterocycles. The van der Waals surface area contributed by atoms with Crippen LogP contribution in [0.4, 0.5) is 0 Å². The van der Waals surface area contributed by atoms with Crippen molar-refractivity contribution < 1.29 is 13.9 Å². The predicted octanol–water partition coefficient (Wildman–Crippen LogP) is 3.77. The molecular formula is C18H18N2O3. The molecule has 0 aliphatic rings. The molecule has 118 valence electrons. The smallest absolute Gasteiger partial charge is 0.226 e. The molecule has 1 aromatic carbocycles. The normalized spacial score (nSPS) is 10.7. The molecule has 0 atom stereocenters. The van der Waals surface area contributed by atoms with E-state index < -0.39 is 0 Å². The molecule has 5 heteroatoms. The van der Waals surface area contributed by atoms with Gasteiger partial charge >= 0.3 is 0 Å². The summed E-state index contributed by atoms with van der Waals surface area (Å²) in [4.78, 5) is 8.66. The summed E-state index contributed by atoms with van der Waals surface area (Å²) in [5.74, 6) is 1.42. The van der Waals surface area contributed by atoms with E-state index in [0.29, 0.717) is 19.1 Å². The van der Waals surface area contributed by atoms with Crippen molar-refractivity contribution in [2.24, 2.45) is 0 Å². The molecule has 0 amide bonds.